The minimum Gasteiger partial charge on any atom is -0.367 e. The molecule has 2 aromatic carbocycles. The van der Waals surface area contributed by atoms with Gasteiger partial charge in [-0.15, -0.1) is 6.58 Å². The van der Waals surface area contributed by atoms with Crippen LogP contribution in [0.3, 0.4) is 0 Å². The number of hydrogen-bond donors (Lipinski definition) is 0. The van der Waals surface area contributed by atoms with Gasteiger partial charge in [0, 0.05) is 43.3 Å². The first kappa shape index (κ1) is 20.8. The number of para-hydroxylation sites is 1. The van der Waals surface area contributed by atoms with Crippen molar-refractivity contribution < 1.29 is 4.39 Å². The molecule has 0 saturated carbocycles. The third kappa shape index (κ3) is 4.33. The van der Waals surface area contributed by atoms with Gasteiger partial charge in [-0.25, -0.2) is 9.07 Å². The van der Waals surface area contributed by atoms with Gasteiger partial charge in [0.25, 0.3) is 0 Å². The highest BCUT2D eigenvalue weighted by atomic mass is 35.5. The number of halogens is 2. The van der Waals surface area contributed by atoms with E-state index in [4.69, 9.17) is 28.9 Å². The summed E-state index contributed by atoms with van der Waals surface area (Å²) < 4.78 is 18.5. The highest BCUT2D eigenvalue weighted by molar-refractivity contribution is 7.71. The second-order valence-electron chi connectivity index (χ2n) is 7.21. The zero-order chi connectivity index (χ0) is 21.1. The van der Waals surface area contributed by atoms with Crippen molar-refractivity contribution in [3.8, 4) is 11.4 Å². The van der Waals surface area contributed by atoms with Crippen LogP contribution in [0, 0.1) is 10.6 Å². The molecule has 4 rings (SSSR count). The first-order valence-electron chi connectivity index (χ1n) is 9.83. The maximum absolute atomic E-state index is 14.1. The predicted octanol–water partition coefficient (Wildman–Crippen LogP) is 4.84. The molecule has 1 saturated heterocycles. The van der Waals surface area contributed by atoms with E-state index >= 15 is 0 Å². The van der Waals surface area contributed by atoms with Crippen LogP contribution in [0.4, 0.5) is 10.1 Å². The van der Waals surface area contributed by atoms with Gasteiger partial charge < -0.3 is 4.90 Å². The molecule has 30 heavy (non-hydrogen) atoms. The summed E-state index contributed by atoms with van der Waals surface area (Å²) in [6.07, 6.45) is 1.81. The number of aromatic nitrogens is 3. The van der Waals surface area contributed by atoms with Crippen molar-refractivity contribution in [2.45, 2.75) is 13.2 Å². The first-order valence-corrected chi connectivity index (χ1v) is 10.6. The Bertz CT molecular complexity index is 1080. The van der Waals surface area contributed by atoms with Crippen molar-refractivity contribution >= 4 is 29.5 Å². The lowest BCUT2D eigenvalue weighted by Gasteiger charge is -2.35. The van der Waals surface area contributed by atoms with Crippen LogP contribution in [0.5, 0.6) is 0 Å². The number of piperazine rings is 1. The molecule has 0 aliphatic carbocycles. The summed E-state index contributed by atoms with van der Waals surface area (Å²) in [4.78, 5) is 4.37. The summed E-state index contributed by atoms with van der Waals surface area (Å²) in [5.41, 5.74) is 1.62. The molecule has 2 heterocycles. The Balaban J connectivity index is 1.51. The van der Waals surface area contributed by atoms with Crippen molar-refractivity contribution in [2.75, 3.05) is 31.1 Å². The Hall–Kier alpha value is -2.48. The first-order chi connectivity index (χ1) is 14.6. The molecule has 0 spiro atoms. The van der Waals surface area contributed by atoms with E-state index in [9.17, 15) is 4.39 Å². The van der Waals surface area contributed by atoms with E-state index in [1.807, 2.05) is 51.7 Å². The van der Waals surface area contributed by atoms with Gasteiger partial charge in [0.2, 0.25) is 0 Å². The van der Waals surface area contributed by atoms with Gasteiger partial charge in [-0.3, -0.25) is 9.47 Å². The molecule has 156 valence electrons. The molecule has 8 heteroatoms. The second-order valence-corrected chi connectivity index (χ2v) is 8.01. The lowest BCUT2D eigenvalue weighted by atomic mass is 10.2. The largest absolute Gasteiger partial charge is 0.367 e. The van der Waals surface area contributed by atoms with E-state index in [0.29, 0.717) is 28.7 Å². The topological polar surface area (TPSA) is 29.2 Å². The Kier molecular flexibility index (Phi) is 6.32. The van der Waals surface area contributed by atoms with Crippen molar-refractivity contribution in [1.82, 2.24) is 19.2 Å². The maximum Gasteiger partial charge on any atom is 0.199 e. The number of nitrogens with zero attached hydrogens (tertiary/aromatic N) is 5. The average Bonchev–Trinajstić information content (AvgIpc) is 3.05. The summed E-state index contributed by atoms with van der Waals surface area (Å²) >= 11 is 11.7. The van der Waals surface area contributed by atoms with Crippen LogP contribution in [-0.2, 0) is 13.2 Å². The second kappa shape index (κ2) is 9.12. The van der Waals surface area contributed by atoms with Crippen LogP contribution >= 0.6 is 23.8 Å². The lowest BCUT2D eigenvalue weighted by Crippen LogP contribution is -2.47. The van der Waals surface area contributed by atoms with Crippen LogP contribution in [0.1, 0.15) is 0 Å². The van der Waals surface area contributed by atoms with Crippen molar-refractivity contribution in [1.29, 1.82) is 0 Å². The van der Waals surface area contributed by atoms with Gasteiger partial charge in [-0.05, 0) is 48.6 Å². The van der Waals surface area contributed by atoms with E-state index in [2.05, 4.69) is 16.4 Å². The monoisotopic (exact) mass is 443 g/mol. The van der Waals surface area contributed by atoms with E-state index in [1.165, 1.54) is 6.07 Å². The van der Waals surface area contributed by atoms with Crippen LogP contribution in [0.25, 0.3) is 11.4 Å². The SMILES string of the molecule is C=CCn1c(-c2ccc(Cl)cc2)nn(CN2CCN(c3ccccc3F)CC2)c1=S. The van der Waals surface area contributed by atoms with Crippen LogP contribution in [-0.4, -0.2) is 45.4 Å². The van der Waals surface area contributed by atoms with Gasteiger partial charge in [0.15, 0.2) is 10.6 Å². The number of allylic oxidation sites excluding steroid dienone is 1. The minimum absolute atomic E-state index is 0.177. The van der Waals surface area contributed by atoms with Gasteiger partial charge >= 0.3 is 0 Å². The standard InChI is InChI=1S/C22H23ClFN5S/c1-2-11-28-21(17-7-9-18(23)10-8-17)25-29(22(28)30)16-26-12-14-27(15-13-26)20-6-4-3-5-19(20)24/h2-10H,1,11-16H2. The quantitative estimate of drug-likeness (QED) is 0.402. The fraction of sp³-hybridized carbons (Fsp3) is 0.273. The van der Waals surface area contributed by atoms with Gasteiger partial charge in [0.1, 0.15) is 5.82 Å². The molecule has 1 aromatic heterocycles. The molecule has 0 amide bonds. The molecule has 0 unspecified atom stereocenters. The molecular formula is C22H23ClFN5S. The maximum atomic E-state index is 14.1. The average molecular weight is 444 g/mol. The Labute approximate surface area is 185 Å². The number of benzene rings is 2. The molecule has 0 bridgehead atoms. The van der Waals surface area contributed by atoms with Crippen LogP contribution < -0.4 is 4.90 Å². The third-order valence-electron chi connectivity index (χ3n) is 5.24. The highest BCUT2D eigenvalue weighted by Crippen LogP contribution is 2.23. The predicted molar refractivity (Wildman–Crippen MR) is 122 cm³/mol. The van der Waals surface area contributed by atoms with Gasteiger partial charge in [-0.2, -0.15) is 5.10 Å². The minimum atomic E-state index is -0.177. The van der Waals surface area contributed by atoms with Crippen molar-refractivity contribution in [3.05, 3.63) is 76.8 Å². The van der Waals surface area contributed by atoms with Gasteiger partial charge in [-0.1, -0.05) is 29.8 Å². The van der Waals surface area contributed by atoms with Crippen molar-refractivity contribution in [2.24, 2.45) is 0 Å². The molecule has 0 N–H and O–H groups in total. The fourth-order valence-corrected chi connectivity index (χ4v) is 4.05. The van der Waals surface area contributed by atoms with Crippen LogP contribution in [0.15, 0.2) is 61.2 Å². The highest BCUT2D eigenvalue weighted by Gasteiger charge is 2.21. The van der Waals surface area contributed by atoms with E-state index < -0.39 is 0 Å². The molecular weight excluding hydrogens is 421 g/mol. The van der Waals surface area contributed by atoms with Crippen molar-refractivity contribution in [3.63, 3.8) is 0 Å². The van der Waals surface area contributed by atoms with Crippen LogP contribution in [0.2, 0.25) is 5.02 Å². The van der Waals surface area contributed by atoms with E-state index in [1.54, 1.807) is 6.07 Å². The Morgan fingerprint density at radius 3 is 2.43 bits per heavy atom. The van der Waals surface area contributed by atoms with E-state index in [0.717, 1.165) is 37.6 Å². The molecule has 0 radical (unpaired) electrons. The lowest BCUT2D eigenvalue weighted by molar-refractivity contribution is 0.194. The number of anilines is 1. The summed E-state index contributed by atoms with van der Waals surface area (Å²) in [7, 11) is 0. The molecule has 5 nitrogen and oxygen atoms in total. The zero-order valence-corrected chi connectivity index (χ0v) is 18.1. The van der Waals surface area contributed by atoms with Gasteiger partial charge in [0.05, 0.1) is 12.4 Å². The smallest absolute Gasteiger partial charge is 0.199 e. The normalized spacial score (nSPS) is 14.8. The molecule has 0 atom stereocenters. The zero-order valence-electron chi connectivity index (χ0n) is 16.5. The molecule has 3 aromatic rings. The number of rotatable bonds is 6. The summed E-state index contributed by atoms with van der Waals surface area (Å²) in [6, 6.07) is 14.5. The Morgan fingerprint density at radius 2 is 1.77 bits per heavy atom. The summed E-state index contributed by atoms with van der Waals surface area (Å²) in [5, 5.41) is 5.46. The molecule has 1 aliphatic heterocycles. The summed E-state index contributed by atoms with van der Waals surface area (Å²) in [5.74, 6) is 0.616. The molecule has 1 aliphatic rings. The Morgan fingerprint density at radius 1 is 1.07 bits per heavy atom. The summed E-state index contributed by atoms with van der Waals surface area (Å²) in [6.45, 7) is 8.14. The fourth-order valence-electron chi connectivity index (χ4n) is 3.67. The molecule has 1 fully saturated rings. The number of hydrogen-bond acceptors (Lipinski definition) is 4. The van der Waals surface area contributed by atoms with E-state index in [-0.39, 0.29) is 5.82 Å². The third-order valence-corrected chi connectivity index (χ3v) is 5.92.